The summed E-state index contributed by atoms with van der Waals surface area (Å²) in [5.41, 5.74) is 2.15. The maximum absolute atomic E-state index is 12.3. The smallest absolute Gasteiger partial charge is 0.240 e. The zero-order valence-electron chi connectivity index (χ0n) is 12.4. The first-order valence-corrected chi connectivity index (χ1v) is 9.01. The quantitative estimate of drug-likeness (QED) is 0.858. The molecule has 0 aliphatic rings. The summed E-state index contributed by atoms with van der Waals surface area (Å²) >= 11 is 1.62. The van der Waals surface area contributed by atoms with Crippen LogP contribution in [0.2, 0.25) is 0 Å². The Morgan fingerprint density at radius 2 is 1.90 bits per heavy atom. The van der Waals surface area contributed by atoms with Crippen molar-refractivity contribution in [3.8, 4) is 0 Å². The fourth-order valence-corrected chi connectivity index (χ4v) is 4.17. The normalized spacial score (nSPS) is 11.8. The van der Waals surface area contributed by atoms with Crippen LogP contribution in [0.15, 0.2) is 35.2 Å². The van der Waals surface area contributed by atoms with Crippen LogP contribution in [0.1, 0.15) is 20.9 Å². The van der Waals surface area contributed by atoms with Gasteiger partial charge in [0.25, 0.3) is 0 Å². The lowest BCUT2D eigenvalue weighted by Crippen LogP contribution is -2.23. The van der Waals surface area contributed by atoms with Crippen molar-refractivity contribution in [2.75, 3.05) is 7.05 Å². The molecule has 1 aromatic carbocycles. The molecule has 0 unspecified atom stereocenters. The molecule has 1 heterocycles. The topological polar surface area (TPSA) is 58.2 Å². The van der Waals surface area contributed by atoms with Crippen LogP contribution in [0, 0.1) is 13.8 Å². The second kappa shape index (κ2) is 6.70. The van der Waals surface area contributed by atoms with Crippen LogP contribution in [-0.2, 0) is 23.1 Å². The summed E-state index contributed by atoms with van der Waals surface area (Å²) in [5, 5.41) is 3.02. The van der Waals surface area contributed by atoms with Gasteiger partial charge in [-0.3, -0.25) is 0 Å². The van der Waals surface area contributed by atoms with E-state index in [0.29, 0.717) is 18.0 Å². The summed E-state index contributed by atoms with van der Waals surface area (Å²) in [4.78, 5) is 2.56. The lowest BCUT2D eigenvalue weighted by atomic mass is 10.2. The van der Waals surface area contributed by atoms with Crippen LogP contribution < -0.4 is 10.0 Å². The summed E-state index contributed by atoms with van der Waals surface area (Å²) in [6.45, 7) is 5.05. The van der Waals surface area contributed by atoms with Crippen molar-refractivity contribution in [1.29, 1.82) is 0 Å². The first-order valence-electron chi connectivity index (χ1n) is 6.71. The molecule has 0 aliphatic carbocycles. The van der Waals surface area contributed by atoms with Crippen LogP contribution in [0.4, 0.5) is 0 Å². The molecule has 6 heteroatoms. The average Bonchev–Trinajstić information content (AvgIpc) is 2.77. The van der Waals surface area contributed by atoms with Gasteiger partial charge in [-0.05, 0) is 50.2 Å². The SMILES string of the molecule is CNCc1cccc(S(=O)(=O)NCc2cc(C)c(C)s2)c1. The number of thiophene rings is 1. The average molecular weight is 324 g/mol. The molecule has 0 radical (unpaired) electrons. The molecule has 2 aromatic rings. The van der Waals surface area contributed by atoms with E-state index in [1.807, 2.05) is 33.0 Å². The maximum atomic E-state index is 12.3. The van der Waals surface area contributed by atoms with Crippen molar-refractivity contribution in [2.24, 2.45) is 0 Å². The lowest BCUT2D eigenvalue weighted by Gasteiger charge is -2.07. The molecule has 2 rings (SSSR count). The lowest BCUT2D eigenvalue weighted by molar-refractivity contribution is 0.581. The highest BCUT2D eigenvalue weighted by Gasteiger charge is 2.14. The molecule has 114 valence electrons. The van der Waals surface area contributed by atoms with E-state index in [0.717, 1.165) is 10.4 Å². The second-order valence-electron chi connectivity index (χ2n) is 4.95. The molecule has 1 aromatic heterocycles. The summed E-state index contributed by atoms with van der Waals surface area (Å²) in [5.74, 6) is 0. The Hall–Kier alpha value is -1.21. The predicted molar refractivity (Wildman–Crippen MR) is 87.0 cm³/mol. The van der Waals surface area contributed by atoms with E-state index in [1.165, 1.54) is 10.4 Å². The molecular weight excluding hydrogens is 304 g/mol. The second-order valence-corrected chi connectivity index (χ2v) is 8.06. The Labute approximate surface area is 130 Å². The third-order valence-corrected chi connectivity index (χ3v) is 5.79. The first-order chi connectivity index (χ1) is 9.92. The summed E-state index contributed by atoms with van der Waals surface area (Å²) in [6.07, 6.45) is 0. The van der Waals surface area contributed by atoms with E-state index < -0.39 is 10.0 Å². The molecule has 2 N–H and O–H groups in total. The Morgan fingerprint density at radius 1 is 1.14 bits per heavy atom. The Kier molecular flexibility index (Phi) is 5.16. The first kappa shape index (κ1) is 16.2. The molecule has 0 spiro atoms. The van der Waals surface area contributed by atoms with Gasteiger partial charge in [-0.15, -0.1) is 11.3 Å². The van der Waals surface area contributed by atoms with Gasteiger partial charge in [0.1, 0.15) is 0 Å². The summed E-state index contributed by atoms with van der Waals surface area (Å²) < 4.78 is 27.3. The van der Waals surface area contributed by atoms with Gasteiger partial charge in [-0.1, -0.05) is 12.1 Å². The fraction of sp³-hybridized carbons (Fsp3) is 0.333. The molecule has 0 aliphatic heterocycles. The van der Waals surface area contributed by atoms with Crippen LogP contribution in [-0.4, -0.2) is 15.5 Å². The van der Waals surface area contributed by atoms with Crippen molar-refractivity contribution < 1.29 is 8.42 Å². The van der Waals surface area contributed by atoms with Gasteiger partial charge in [0.05, 0.1) is 4.90 Å². The van der Waals surface area contributed by atoms with Gasteiger partial charge in [-0.25, -0.2) is 13.1 Å². The highest BCUT2D eigenvalue weighted by atomic mass is 32.2. The summed E-state index contributed by atoms with van der Waals surface area (Å²) in [6, 6.07) is 9.01. The van der Waals surface area contributed by atoms with Gasteiger partial charge < -0.3 is 5.32 Å². The summed E-state index contributed by atoms with van der Waals surface area (Å²) in [7, 11) is -1.64. The zero-order valence-corrected chi connectivity index (χ0v) is 14.1. The van der Waals surface area contributed by atoms with Crippen LogP contribution in [0.5, 0.6) is 0 Å². The van der Waals surface area contributed by atoms with Crippen LogP contribution in [0.3, 0.4) is 0 Å². The largest absolute Gasteiger partial charge is 0.316 e. The van der Waals surface area contributed by atoms with E-state index >= 15 is 0 Å². The maximum Gasteiger partial charge on any atom is 0.240 e. The standard InChI is InChI=1S/C15H20N2O2S2/c1-11-7-14(20-12(11)2)10-17-21(18,19)15-6-4-5-13(8-15)9-16-3/h4-8,16-17H,9-10H2,1-3H3. The van der Waals surface area contributed by atoms with E-state index in [1.54, 1.807) is 29.5 Å². The number of hydrogen-bond donors (Lipinski definition) is 2. The third kappa shape index (κ3) is 4.14. The molecule has 0 bridgehead atoms. The zero-order chi connectivity index (χ0) is 15.5. The minimum atomic E-state index is -3.47. The molecule has 4 nitrogen and oxygen atoms in total. The van der Waals surface area contributed by atoms with Crippen LogP contribution >= 0.6 is 11.3 Å². The Morgan fingerprint density at radius 3 is 2.52 bits per heavy atom. The van der Waals surface area contributed by atoms with Crippen molar-refractivity contribution >= 4 is 21.4 Å². The van der Waals surface area contributed by atoms with Crippen molar-refractivity contribution in [2.45, 2.75) is 31.8 Å². The number of sulfonamides is 1. The van der Waals surface area contributed by atoms with Gasteiger partial charge in [0, 0.05) is 22.8 Å². The van der Waals surface area contributed by atoms with Crippen molar-refractivity contribution in [3.63, 3.8) is 0 Å². The highest BCUT2D eigenvalue weighted by Crippen LogP contribution is 2.21. The predicted octanol–water partition coefficient (Wildman–Crippen LogP) is 2.56. The molecular formula is C15H20N2O2S2. The minimum absolute atomic E-state index is 0.306. The molecule has 21 heavy (non-hydrogen) atoms. The minimum Gasteiger partial charge on any atom is -0.316 e. The fourth-order valence-electron chi connectivity index (χ4n) is 2.01. The van der Waals surface area contributed by atoms with Gasteiger partial charge in [0.15, 0.2) is 0 Å². The van der Waals surface area contributed by atoms with E-state index in [4.69, 9.17) is 0 Å². The number of hydrogen-bond acceptors (Lipinski definition) is 4. The van der Waals surface area contributed by atoms with Crippen molar-refractivity contribution in [3.05, 3.63) is 51.2 Å². The Balaban J connectivity index is 2.12. The van der Waals surface area contributed by atoms with Crippen molar-refractivity contribution in [1.82, 2.24) is 10.0 Å². The van der Waals surface area contributed by atoms with Gasteiger partial charge >= 0.3 is 0 Å². The van der Waals surface area contributed by atoms with E-state index in [2.05, 4.69) is 10.0 Å². The number of rotatable bonds is 6. The molecule has 0 atom stereocenters. The molecule has 0 saturated heterocycles. The number of benzene rings is 1. The van der Waals surface area contributed by atoms with Gasteiger partial charge in [-0.2, -0.15) is 0 Å². The third-order valence-electron chi connectivity index (χ3n) is 3.24. The van der Waals surface area contributed by atoms with E-state index in [9.17, 15) is 8.42 Å². The highest BCUT2D eigenvalue weighted by molar-refractivity contribution is 7.89. The Bertz CT molecular complexity index is 702. The number of aryl methyl sites for hydroxylation is 2. The monoisotopic (exact) mass is 324 g/mol. The van der Waals surface area contributed by atoms with Gasteiger partial charge in [0.2, 0.25) is 10.0 Å². The number of nitrogens with one attached hydrogen (secondary N) is 2. The molecule has 0 saturated carbocycles. The molecule has 0 amide bonds. The van der Waals surface area contributed by atoms with E-state index in [-0.39, 0.29) is 0 Å². The molecule has 0 fully saturated rings. The van der Waals surface area contributed by atoms with Crippen LogP contribution in [0.25, 0.3) is 0 Å².